The lowest BCUT2D eigenvalue weighted by Crippen LogP contribution is -2.53. The van der Waals surface area contributed by atoms with Crippen molar-refractivity contribution in [2.24, 2.45) is 0 Å². The van der Waals surface area contributed by atoms with E-state index >= 15 is 0 Å². The van der Waals surface area contributed by atoms with Gasteiger partial charge in [-0.2, -0.15) is 0 Å². The van der Waals surface area contributed by atoms with E-state index in [1.807, 2.05) is 6.92 Å². The summed E-state index contributed by atoms with van der Waals surface area (Å²) in [5.74, 6) is -1.03. The molecule has 0 aromatic carbocycles. The third kappa shape index (κ3) is 3.67. The molecule has 0 saturated carbocycles. The second-order valence-corrected chi connectivity index (χ2v) is 4.46. The van der Waals surface area contributed by atoms with Crippen LogP contribution < -0.4 is 10.9 Å². The molecule has 1 unspecified atom stereocenters. The number of nitrogens with one attached hydrogen (secondary N) is 2. The number of amides is 1. The Hall–Kier alpha value is -2.11. The van der Waals surface area contributed by atoms with Crippen molar-refractivity contribution in [1.82, 2.24) is 10.3 Å². The summed E-state index contributed by atoms with van der Waals surface area (Å²) in [6.07, 6.45) is 1.15. The van der Waals surface area contributed by atoms with Crippen molar-refractivity contribution in [3.05, 3.63) is 34.2 Å². The lowest BCUT2D eigenvalue weighted by molar-refractivity contribution is -0.147. The van der Waals surface area contributed by atoms with Gasteiger partial charge in [0.15, 0.2) is 0 Å². The Morgan fingerprint density at radius 1 is 1.42 bits per heavy atom. The minimum atomic E-state index is -1.10. The molecule has 0 aliphatic carbocycles. The average molecular weight is 266 g/mol. The predicted octanol–water partition coefficient (Wildman–Crippen LogP) is 0.836. The van der Waals surface area contributed by atoms with Crippen molar-refractivity contribution in [3.8, 4) is 0 Å². The number of hydrogen-bond acceptors (Lipinski definition) is 4. The van der Waals surface area contributed by atoms with Crippen molar-refractivity contribution < 1.29 is 14.3 Å². The zero-order valence-corrected chi connectivity index (χ0v) is 11.3. The number of carbonyl (C=O) groups excluding carboxylic acids is 2. The Labute approximate surface area is 111 Å². The van der Waals surface area contributed by atoms with Crippen LogP contribution in [0.1, 0.15) is 37.2 Å². The molecule has 1 amide bonds. The molecule has 0 radical (unpaired) electrons. The van der Waals surface area contributed by atoms with Gasteiger partial charge in [0.1, 0.15) is 11.2 Å². The van der Waals surface area contributed by atoms with Gasteiger partial charge >= 0.3 is 5.97 Å². The van der Waals surface area contributed by atoms with Crippen LogP contribution in [-0.4, -0.2) is 29.5 Å². The van der Waals surface area contributed by atoms with Gasteiger partial charge in [0.25, 0.3) is 5.91 Å². The Morgan fingerprint density at radius 3 is 2.63 bits per heavy atom. The number of aromatic nitrogens is 1. The van der Waals surface area contributed by atoms with Crippen LogP contribution in [0.2, 0.25) is 0 Å². The second-order valence-electron chi connectivity index (χ2n) is 4.46. The SMILES string of the molecule is CCCC(C)(NC(=O)c1cccc(=O)[nH]1)C(=O)OC. The van der Waals surface area contributed by atoms with Crippen LogP contribution in [0.5, 0.6) is 0 Å². The second kappa shape index (κ2) is 6.17. The highest BCUT2D eigenvalue weighted by Crippen LogP contribution is 2.15. The number of H-pyrrole nitrogens is 1. The maximum absolute atomic E-state index is 12.0. The summed E-state index contributed by atoms with van der Waals surface area (Å²) in [6, 6.07) is 4.26. The first-order valence-electron chi connectivity index (χ1n) is 6.03. The van der Waals surface area contributed by atoms with E-state index in [4.69, 9.17) is 4.74 Å². The molecule has 0 saturated heterocycles. The minimum Gasteiger partial charge on any atom is -0.467 e. The molecule has 1 aromatic rings. The van der Waals surface area contributed by atoms with Crippen molar-refractivity contribution in [3.63, 3.8) is 0 Å². The molecule has 1 heterocycles. The van der Waals surface area contributed by atoms with Gasteiger partial charge in [-0.25, -0.2) is 4.79 Å². The van der Waals surface area contributed by atoms with Crippen molar-refractivity contribution in [2.75, 3.05) is 7.11 Å². The highest BCUT2D eigenvalue weighted by molar-refractivity contribution is 5.96. The van der Waals surface area contributed by atoms with Gasteiger partial charge in [0.05, 0.1) is 7.11 Å². The van der Waals surface area contributed by atoms with E-state index in [2.05, 4.69) is 10.3 Å². The normalized spacial score (nSPS) is 13.4. The first-order valence-corrected chi connectivity index (χ1v) is 6.03. The number of ether oxygens (including phenoxy) is 1. The molecule has 1 aromatic heterocycles. The van der Waals surface area contributed by atoms with Crippen molar-refractivity contribution >= 4 is 11.9 Å². The molecular formula is C13H18N2O4. The Kier molecular flexibility index (Phi) is 4.86. The number of aromatic amines is 1. The maximum atomic E-state index is 12.0. The zero-order valence-electron chi connectivity index (χ0n) is 11.3. The number of carbonyl (C=O) groups is 2. The van der Waals surface area contributed by atoms with Crippen LogP contribution in [0.15, 0.2) is 23.0 Å². The lowest BCUT2D eigenvalue weighted by Gasteiger charge is -2.27. The van der Waals surface area contributed by atoms with E-state index < -0.39 is 17.4 Å². The maximum Gasteiger partial charge on any atom is 0.331 e. The molecule has 1 rings (SSSR count). The van der Waals surface area contributed by atoms with Gasteiger partial charge in [-0.3, -0.25) is 9.59 Å². The highest BCUT2D eigenvalue weighted by Gasteiger charge is 2.35. The molecule has 6 nitrogen and oxygen atoms in total. The van der Waals surface area contributed by atoms with E-state index in [9.17, 15) is 14.4 Å². The number of esters is 1. The van der Waals surface area contributed by atoms with E-state index in [0.717, 1.165) is 0 Å². The van der Waals surface area contributed by atoms with Gasteiger partial charge in [-0.05, 0) is 19.4 Å². The predicted molar refractivity (Wildman–Crippen MR) is 69.9 cm³/mol. The molecule has 19 heavy (non-hydrogen) atoms. The molecule has 6 heteroatoms. The minimum absolute atomic E-state index is 0.110. The quantitative estimate of drug-likeness (QED) is 0.773. The fourth-order valence-electron chi connectivity index (χ4n) is 1.84. The van der Waals surface area contributed by atoms with Crippen LogP contribution in [0.3, 0.4) is 0 Å². The lowest BCUT2D eigenvalue weighted by atomic mass is 9.96. The molecule has 0 aliphatic rings. The number of hydrogen-bond donors (Lipinski definition) is 2. The Balaban J connectivity index is 2.94. The summed E-state index contributed by atoms with van der Waals surface area (Å²) < 4.78 is 4.70. The van der Waals surface area contributed by atoms with Crippen LogP contribution in [-0.2, 0) is 9.53 Å². The van der Waals surface area contributed by atoms with Crippen molar-refractivity contribution in [1.29, 1.82) is 0 Å². The van der Waals surface area contributed by atoms with E-state index in [0.29, 0.717) is 12.8 Å². The summed E-state index contributed by atoms with van der Waals surface area (Å²) >= 11 is 0. The zero-order chi connectivity index (χ0) is 14.5. The fourth-order valence-corrected chi connectivity index (χ4v) is 1.84. The smallest absolute Gasteiger partial charge is 0.331 e. The molecule has 0 aliphatic heterocycles. The van der Waals surface area contributed by atoms with Crippen molar-refractivity contribution in [2.45, 2.75) is 32.2 Å². The first kappa shape index (κ1) is 14.9. The van der Waals surface area contributed by atoms with E-state index in [1.165, 1.54) is 25.3 Å². The molecule has 0 spiro atoms. The topological polar surface area (TPSA) is 88.3 Å². The number of methoxy groups -OCH3 is 1. The number of pyridine rings is 1. The van der Waals surface area contributed by atoms with Gasteiger partial charge < -0.3 is 15.0 Å². The summed E-state index contributed by atoms with van der Waals surface area (Å²) in [4.78, 5) is 37.3. The van der Waals surface area contributed by atoms with Crippen LogP contribution in [0.4, 0.5) is 0 Å². The molecule has 104 valence electrons. The summed E-state index contributed by atoms with van der Waals surface area (Å²) in [5, 5.41) is 2.60. The third-order valence-electron chi connectivity index (χ3n) is 2.79. The largest absolute Gasteiger partial charge is 0.467 e. The van der Waals surface area contributed by atoms with E-state index in [-0.39, 0.29) is 11.3 Å². The van der Waals surface area contributed by atoms with Gasteiger partial charge in [-0.1, -0.05) is 19.4 Å². The molecule has 2 N–H and O–H groups in total. The standard InChI is InChI=1S/C13H18N2O4/c1-4-8-13(2,12(18)19-3)15-11(17)9-6-5-7-10(16)14-9/h5-7H,4,8H2,1-3H3,(H,14,16)(H,15,17). The number of rotatable bonds is 5. The van der Waals surface area contributed by atoms with Crippen LogP contribution >= 0.6 is 0 Å². The first-order chi connectivity index (χ1) is 8.92. The van der Waals surface area contributed by atoms with E-state index in [1.54, 1.807) is 6.92 Å². The van der Waals surface area contributed by atoms with Crippen LogP contribution in [0, 0.1) is 0 Å². The highest BCUT2D eigenvalue weighted by atomic mass is 16.5. The van der Waals surface area contributed by atoms with Crippen LogP contribution in [0.25, 0.3) is 0 Å². The monoisotopic (exact) mass is 266 g/mol. The molecule has 0 bridgehead atoms. The van der Waals surface area contributed by atoms with Gasteiger partial charge in [0, 0.05) is 6.07 Å². The Morgan fingerprint density at radius 2 is 2.11 bits per heavy atom. The fraction of sp³-hybridized carbons (Fsp3) is 0.462. The summed E-state index contributed by atoms with van der Waals surface area (Å²) in [5.41, 5.74) is -1.37. The average Bonchev–Trinajstić information content (AvgIpc) is 2.37. The molecular weight excluding hydrogens is 248 g/mol. The van der Waals surface area contributed by atoms with Gasteiger partial charge in [0.2, 0.25) is 5.56 Å². The summed E-state index contributed by atoms with van der Waals surface area (Å²) in [6.45, 7) is 3.50. The molecule has 1 atom stereocenters. The molecule has 0 fully saturated rings. The third-order valence-corrected chi connectivity index (χ3v) is 2.79. The Bertz CT molecular complexity index is 523. The summed E-state index contributed by atoms with van der Waals surface area (Å²) in [7, 11) is 1.27. The van der Waals surface area contributed by atoms with Gasteiger partial charge in [-0.15, -0.1) is 0 Å².